The zero-order chi connectivity index (χ0) is 14.2. The quantitative estimate of drug-likeness (QED) is 0.710. The first-order valence-electron chi connectivity index (χ1n) is 6.76. The van der Waals surface area contributed by atoms with Gasteiger partial charge in [-0.2, -0.15) is 5.10 Å². The molecule has 108 valence electrons. The molecule has 20 heavy (non-hydrogen) atoms. The van der Waals surface area contributed by atoms with Crippen molar-refractivity contribution in [2.45, 2.75) is 32.5 Å². The molecule has 2 aromatic heterocycles. The van der Waals surface area contributed by atoms with Gasteiger partial charge in [0.25, 0.3) is 0 Å². The number of nitrogens with zero attached hydrogens (tertiary/aromatic N) is 2. The summed E-state index contributed by atoms with van der Waals surface area (Å²) in [5.74, 6) is 0.727. The van der Waals surface area contributed by atoms with Crippen molar-refractivity contribution < 1.29 is 9.21 Å². The van der Waals surface area contributed by atoms with E-state index in [4.69, 9.17) is 4.42 Å². The molecule has 2 aromatic rings. The van der Waals surface area contributed by atoms with Crippen molar-refractivity contribution >= 4 is 5.91 Å². The van der Waals surface area contributed by atoms with Crippen molar-refractivity contribution in [3.05, 3.63) is 42.6 Å². The number of carbonyl (C=O) groups is 1. The van der Waals surface area contributed by atoms with Crippen molar-refractivity contribution in [3.63, 3.8) is 0 Å². The van der Waals surface area contributed by atoms with Crippen LogP contribution in [0.2, 0.25) is 0 Å². The number of furan rings is 1. The Hall–Kier alpha value is -2.08. The molecule has 0 fully saturated rings. The fraction of sp³-hybridized carbons (Fsp3) is 0.429. The summed E-state index contributed by atoms with van der Waals surface area (Å²) < 4.78 is 7.04. The van der Waals surface area contributed by atoms with Crippen LogP contribution < -0.4 is 10.6 Å². The Labute approximate surface area is 118 Å². The van der Waals surface area contributed by atoms with Crippen molar-refractivity contribution in [2.75, 3.05) is 6.54 Å². The third kappa shape index (κ3) is 4.55. The maximum absolute atomic E-state index is 11.8. The Balaban J connectivity index is 1.58. The van der Waals surface area contributed by atoms with Crippen molar-refractivity contribution in [1.29, 1.82) is 0 Å². The maximum atomic E-state index is 11.8. The highest BCUT2D eigenvalue weighted by atomic mass is 16.3. The van der Waals surface area contributed by atoms with Crippen LogP contribution in [-0.4, -0.2) is 28.3 Å². The molecular formula is C14H20N4O2. The van der Waals surface area contributed by atoms with Gasteiger partial charge < -0.3 is 15.1 Å². The van der Waals surface area contributed by atoms with E-state index < -0.39 is 0 Å². The van der Waals surface area contributed by atoms with Gasteiger partial charge in [-0.05, 0) is 38.1 Å². The lowest BCUT2D eigenvalue weighted by Gasteiger charge is -2.13. The van der Waals surface area contributed by atoms with Gasteiger partial charge in [-0.25, -0.2) is 0 Å². The number of aromatic nitrogens is 2. The first kappa shape index (κ1) is 14.3. The molecule has 0 radical (unpaired) electrons. The van der Waals surface area contributed by atoms with Crippen LogP contribution in [0.3, 0.4) is 0 Å². The van der Waals surface area contributed by atoms with Gasteiger partial charge in [0, 0.05) is 18.9 Å². The molecule has 0 aliphatic rings. The van der Waals surface area contributed by atoms with E-state index in [1.807, 2.05) is 29.9 Å². The maximum Gasteiger partial charge on any atom is 0.237 e. The summed E-state index contributed by atoms with van der Waals surface area (Å²) >= 11 is 0. The molecule has 0 aliphatic heterocycles. The van der Waals surface area contributed by atoms with Crippen molar-refractivity contribution in [3.8, 4) is 0 Å². The molecule has 2 heterocycles. The molecule has 0 saturated carbocycles. The molecule has 1 atom stereocenters. The summed E-state index contributed by atoms with van der Waals surface area (Å²) in [6, 6.07) is 5.32. The molecule has 0 saturated heterocycles. The average molecular weight is 276 g/mol. The number of carbonyl (C=O) groups excluding carboxylic acids is 1. The fourth-order valence-corrected chi connectivity index (χ4v) is 1.83. The second-order valence-electron chi connectivity index (χ2n) is 4.60. The predicted molar refractivity (Wildman–Crippen MR) is 74.9 cm³/mol. The Morgan fingerprint density at radius 2 is 2.40 bits per heavy atom. The standard InChI is InChI=1S/C14H20N4O2/c1-12(14(19)16-11-13-5-2-10-20-13)15-6-3-8-18-9-4-7-17-18/h2,4-5,7,9-10,12,15H,3,6,8,11H2,1H3,(H,16,19). The lowest BCUT2D eigenvalue weighted by atomic mass is 10.3. The number of hydrogen-bond donors (Lipinski definition) is 2. The minimum Gasteiger partial charge on any atom is -0.467 e. The van der Waals surface area contributed by atoms with Crippen molar-refractivity contribution in [1.82, 2.24) is 20.4 Å². The molecule has 1 unspecified atom stereocenters. The minimum absolute atomic E-state index is 0.0273. The lowest BCUT2D eigenvalue weighted by molar-refractivity contribution is -0.123. The number of amides is 1. The monoisotopic (exact) mass is 276 g/mol. The first-order chi connectivity index (χ1) is 9.75. The Morgan fingerprint density at radius 3 is 3.10 bits per heavy atom. The average Bonchev–Trinajstić information content (AvgIpc) is 3.13. The van der Waals surface area contributed by atoms with E-state index in [1.165, 1.54) is 0 Å². The Morgan fingerprint density at radius 1 is 1.50 bits per heavy atom. The highest BCUT2D eigenvalue weighted by Crippen LogP contribution is 1.98. The number of nitrogens with one attached hydrogen (secondary N) is 2. The van der Waals surface area contributed by atoms with E-state index in [9.17, 15) is 4.79 Å². The van der Waals surface area contributed by atoms with Gasteiger partial charge >= 0.3 is 0 Å². The Bertz CT molecular complexity index is 493. The van der Waals surface area contributed by atoms with Crippen LogP contribution in [-0.2, 0) is 17.9 Å². The Kier molecular flexibility index (Phi) is 5.37. The third-order valence-electron chi connectivity index (χ3n) is 2.98. The summed E-state index contributed by atoms with van der Waals surface area (Å²) in [4.78, 5) is 11.8. The van der Waals surface area contributed by atoms with Crippen LogP contribution in [0, 0.1) is 0 Å². The highest BCUT2D eigenvalue weighted by molar-refractivity contribution is 5.81. The van der Waals surface area contributed by atoms with E-state index in [-0.39, 0.29) is 11.9 Å². The molecule has 0 aromatic carbocycles. The van der Waals surface area contributed by atoms with Crippen LogP contribution in [0.15, 0.2) is 41.3 Å². The smallest absolute Gasteiger partial charge is 0.237 e. The first-order valence-corrected chi connectivity index (χ1v) is 6.76. The SMILES string of the molecule is CC(NCCCn1cccn1)C(=O)NCc1ccco1. The van der Waals surface area contributed by atoms with E-state index in [1.54, 1.807) is 18.5 Å². The third-order valence-corrected chi connectivity index (χ3v) is 2.98. The summed E-state index contributed by atoms with van der Waals surface area (Å²) in [7, 11) is 0. The van der Waals surface area contributed by atoms with E-state index >= 15 is 0 Å². The van der Waals surface area contributed by atoms with Gasteiger partial charge in [-0.15, -0.1) is 0 Å². The highest BCUT2D eigenvalue weighted by Gasteiger charge is 2.11. The van der Waals surface area contributed by atoms with E-state index in [0.29, 0.717) is 6.54 Å². The van der Waals surface area contributed by atoms with Gasteiger partial charge in [0.05, 0.1) is 18.8 Å². The summed E-state index contributed by atoms with van der Waals surface area (Å²) in [5, 5.41) is 10.1. The minimum atomic E-state index is -0.220. The second-order valence-corrected chi connectivity index (χ2v) is 4.60. The van der Waals surface area contributed by atoms with Gasteiger partial charge in [0.15, 0.2) is 0 Å². The van der Waals surface area contributed by atoms with Gasteiger partial charge in [0.1, 0.15) is 5.76 Å². The lowest BCUT2D eigenvalue weighted by Crippen LogP contribution is -2.42. The summed E-state index contributed by atoms with van der Waals surface area (Å²) in [6.07, 6.45) is 6.22. The molecule has 0 aliphatic carbocycles. The predicted octanol–water partition coefficient (Wildman–Crippen LogP) is 1.16. The normalized spacial score (nSPS) is 12.2. The number of rotatable bonds is 8. The van der Waals surface area contributed by atoms with Crippen LogP contribution >= 0.6 is 0 Å². The fourth-order valence-electron chi connectivity index (χ4n) is 1.83. The topological polar surface area (TPSA) is 72.1 Å². The second kappa shape index (κ2) is 7.49. The summed E-state index contributed by atoms with van der Waals surface area (Å²) in [5.41, 5.74) is 0. The molecule has 0 spiro atoms. The van der Waals surface area contributed by atoms with E-state index in [0.717, 1.165) is 25.3 Å². The van der Waals surface area contributed by atoms with Crippen molar-refractivity contribution in [2.24, 2.45) is 0 Å². The largest absolute Gasteiger partial charge is 0.467 e. The van der Waals surface area contributed by atoms with Crippen LogP contribution in [0.5, 0.6) is 0 Å². The van der Waals surface area contributed by atoms with Gasteiger partial charge in [-0.3, -0.25) is 9.48 Å². The van der Waals surface area contributed by atoms with Gasteiger partial charge in [0.2, 0.25) is 5.91 Å². The molecule has 1 amide bonds. The molecule has 2 N–H and O–H groups in total. The van der Waals surface area contributed by atoms with Crippen LogP contribution in [0.1, 0.15) is 19.1 Å². The number of aryl methyl sites for hydroxylation is 1. The zero-order valence-corrected chi connectivity index (χ0v) is 11.6. The molecule has 6 heteroatoms. The zero-order valence-electron chi connectivity index (χ0n) is 11.6. The van der Waals surface area contributed by atoms with Gasteiger partial charge in [-0.1, -0.05) is 0 Å². The van der Waals surface area contributed by atoms with Crippen LogP contribution in [0.25, 0.3) is 0 Å². The molecule has 2 rings (SSSR count). The van der Waals surface area contributed by atoms with E-state index in [2.05, 4.69) is 15.7 Å². The van der Waals surface area contributed by atoms with Crippen LogP contribution in [0.4, 0.5) is 0 Å². The molecular weight excluding hydrogens is 256 g/mol. The number of hydrogen-bond acceptors (Lipinski definition) is 4. The molecule has 0 bridgehead atoms. The molecule has 6 nitrogen and oxygen atoms in total. The summed E-state index contributed by atoms with van der Waals surface area (Å²) in [6.45, 7) is 3.90.